The molecule has 1 heterocycles. The number of hydrogen-bond acceptors (Lipinski definition) is 15. The lowest BCUT2D eigenvalue weighted by Gasteiger charge is -2.26. The fraction of sp³-hybridized carbons (Fsp3) is 0.265. The molecule has 0 amide bonds. The molecule has 2 fully saturated rings. The van der Waals surface area contributed by atoms with E-state index in [1.54, 1.807) is 42.5 Å². The number of para-hydroxylation sites is 1. The van der Waals surface area contributed by atoms with Crippen LogP contribution in [0.5, 0.6) is 28.7 Å². The second-order valence-electron chi connectivity index (χ2n) is 15.4. The van der Waals surface area contributed by atoms with Crippen LogP contribution in [0.3, 0.4) is 0 Å². The average Bonchev–Trinajstić information content (AvgIpc) is 3.74. The van der Waals surface area contributed by atoms with Crippen LogP contribution in [0.15, 0.2) is 121 Å². The lowest BCUT2D eigenvalue weighted by Crippen LogP contribution is -2.30. The number of carbonyl (C=O) groups is 6. The summed E-state index contributed by atoms with van der Waals surface area (Å²) in [7, 11) is 0. The number of benzene rings is 4. The number of allylic oxidation sites excluding steroid dienone is 1. The van der Waals surface area contributed by atoms with Crippen molar-refractivity contribution in [3.05, 3.63) is 127 Å². The first-order chi connectivity index (χ1) is 31.0. The van der Waals surface area contributed by atoms with Crippen molar-refractivity contribution in [3.63, 3.8) is 0 Å². The molecular weight excluding hydrogens is 839 g/mol. The molecule has 15 heteroatoms. The molecule has 4 aromatic carbocycles. The summed E-state index contributed by atoms with van der Waals surface area (Å²) in [6.45, 7) is 6.85. The van der Waals surface area contributed by atoms with Crippen LogP contribution in [-0.2, 0) is 35.2 Å². The van der Waals surface area contributed by atoms with Crippen LogP contribution in [0, 0.1) is 23.7 Å². The maximum atomic E-state index is 13.5. The summed E-state index contributed by atoms with van der Waals surface area (Å²) in [5, 5.41) is 4.91. The number of ether oxygens (including phenoxy) is 5. The highest BCUT2D eigenvalue weighted by Crippen LogP contribution is 2.35. The number of anilines is 1. The molecule has 2 aliphatic rings. The molecule has 0 spiro atoms. The zero-order chi connectivity index (χ0) is 45.0. The third-order valence-corrected chi connectivity index (χ3v) is 12.0. The first-order valence-corrected chi connectivity index (χ1v) is 21.7. The van der Waals surface area contributed by atoms with Gasteiger partial charge in [-0.25, -0.2) is 9.78 Å². The van der Waals surface area contributed by atoms with Gasteiger partial charge in [0.2, 0.25) is 5.13 Å². The third kappa shape index (κ3) is 12.0. The van der Waals surface area contributed by atoms with Gasteiger partial charge in [-0.05, 0) is 130 Å². The highest BCUT2D eigenvalue weighted by atomic mass is 32.1. The van der Waals surface area contributed by atoms with E-state index >= 15 is 0 Å². The predicted octanol–water partition coefficient (Wildman–Crippen LogP) is 8.77. The lowest BCUT2D eigenvalue weighted by atomic mass is 9.82. The zero-order valence-corrected chi connectivity index (χ0v) is 35.6. The number of nitrogens with one attached hydrogen (secondary N) is 1. The summed E-state index contributed by atoms with van der Waals surface area (Å²) in [6.07, 6.45) is 7.39. The predicted molar refractivity (Wildman–Crippen MR) is 238 cm³/mol. The molecule has 328 valence electrons. The number of ketones is 1. The molecule has 2 saturated carbocycles. The Morgan fingerprint density at radius 2 is 1.09 bits per heavy atom. The molecule has 1 aromatic heterocycles. The van der Waals surface area contributed by atoms with E-state index in [9.17, 15) is 28.8 Å². The highest BCUT2D eigenvalue weighted by molar-refractivity contribution is 7.22. The molecule has 0 saturated heterocycles. The molecule has 0 atom stereocenters. The van der Waals surface area contributed by atoms with E-state index in [-0.39, 0.29) is 41.3 Å². The molecule has 64 heavy (non-hydrogen) atoms. The molecule has 0 radical (unpaired) electrons. The minimum atomic E-state index is -0.601. The Labute approximate surface area is 372 Å². The monoisotopic (exact) mass is 883 g/mol. The van der Waals surface area contributed by atoms with E-state index in [1.165, 1.54) is 47.9 Å². The Morgan fingerprint density at radius 1 is 0.609 bits per heavy atom. The quantitative estimate of drug-likeness (QED) is 0.0326. The standard InChI is InChI=1S/C49H45N3O11S/c1-3-36(53)27-30-9-19-38(20-10-30)60-45(55)32-15-17-34(18-16-32)48(58)63-42-26-25-40(28-35(42)29-50-52-49-51-41-7-5-6-8-43(41)64-49)62-47(57)33-13-11-31(12-14-33)46(56)61-39-23-21-37(22-24-39)59-44(54)4-2/h3-10,19-26,28-29,31-34H,1-2,11-18,27H2,(H,51,52)/b50-29+. The van der Waals surface area contributed by atoms with Crippen LogP contribution in [-0.4, -0.2) is 46.8 Å². The van der Waals surface area contributed by atoms with Gasteiger partial charge in [0.25, 0.3) is 0 Å². The molecule has 0 bridgehead atoms. The maximum Gasteiger partial charge on any atom is 0.335 e. The molecule has 5 aromatic rings. The number of aromatic nitrogens is 1. The largest absolute Gasteiger partial charge is 0.426 e. The fourth-order valence-electron chi connectivity index (χ4n) is 7.46. The summed E-state index contributed by atoms with van der Waals surface area (Å²) in [5.41, 5.74) is 4.90. The Balaban J connectivity index is 0.945. The van der Waals surface area contributed by atoms with E-state index < -0.39 is 41.6 Å². The van der Waals surface area contributed by atoms with Crippen molar-refractivity contribution >= 4 is 68.5 Å². The first kappa shape index (κ1) is 44.8. The fourth-order valence-corrected chi connectivity index (χ4v) is 8.28. The molecule has 0 unspecified atom stereocenters. The number of hydrogen-bond donors (Lipinski definition) is 1. The van der Waals surface area contributed by atoms with Crippen LogP contribution in [0.1, 0.15) is 62.5 Å². The molecule has 14 nitrogen and oxygen atoms in total. The lowest BCUT2D eigenvalue weighted by molar-refractivity contribution is -0.145. The maximum absolute atomic E-state index is 13.5. The molecule has 0 aliphatic heterocycles. The molecular formula is C49H45N3O11S. The molecule has 2 aliphatic carbocycles. The number of thiazole rings is 1. The summed E-state index contributed by atoms with van der Waals surface area (Å²) in [6, 6.07) is 25.2. The van der Waals surface area contributed by atoms with Crippen LogP contribution in [0.2, 0.25) is 0 Å². The summed E-state index contributed by atoms with van der Waals surface area (Å²) < 4.78 is 28.9. The van der Waals surface area contributed by atoms with Crippen molar-refractivity contribution in [2.45, 2.75) is 57.8 Å². The van der Waals surface area contributed by atoms with E-state index in [0.717, 1.165) is 21.9 Å². The zero-order valence-electron chi connectivity index (χ0n) is 34.8. The van der Waals surface area contributed by atoms with Crippen LogP contribution >= 0.6 is 11.3 Å². The number of fused-ring (bicyclic) bond motifs is 1. The van der Waals surface area contributed by atoms with Gasteiger partial charge in [-0.1, -0.05) is 48.8 Å². The summed E-state index contributed by atoms with van der Waals surface area (Å²) >= 11 is 1.42. The molecule has 1 N–H and O–H groups in total. The number of esters is 5. The van der Waals surface area contributed by atoms with Crippen molar-refractivity contribution in [1.29, 1.82) is 0 Å². The van der Waals surface area contributed by atoms with Crippen molar-refractivity contribution in [2.24, 2.45) is 28.8 Å². The second-order valence-corrected chi connectivity index (χ2v) is 16.5. The van der Waals surface area contributed by atoms with Crippen LogP contribution in [0.4, 0.5) is 5.13 Å². The van der Waals surface area contributed by atoms with Gasteiger partial charge in [0.05, 0.1) is 40.1 Å². The first-order valence-electron chi connectivity index (χ1n) is 20.9. The van der Waals surface area contributed by atoms with E-state index in [4.69, 9.17) is 23.7 Å². The minimum Gasteiger partial charge on any atom is -0.426 e. The number of nitrogens with zero attached hydrogens (tertiary/aromatic N) is 2. The third-order valence-electron chi connectivity index (χ3n) is 11.0. The Bertz CT molecular complexity index is 2540. The Hall–Kier alpha value is -7.26. The van der Waals surface area contributed by atoms with Crippen LogP contribution < -0.4 is 29.1 Å². The normalized spacial score (nSPS) is 18.3. The van der Waals surface area contributed by atoms with Gasteiger partial charge in [-0.15, -0.1) is 0 Å². The SMILES string of the molecule is C=CC(=O)Cc1ccc(OC(=O)C2CCC(C(=O)Oc3ccc(OC(=O)C4CCC(C(=O)Oc5ccc(OC(=O)C=C)cc5)CC4)cc3/C=N/Nc3nc4ccccc4s3)CC2)cc1. The van der Waals surface area contributed by atoms with Gasteiger partial charge >= 0.3 is 29.8 Å². The number of rotatable bonds is 16. The summed E-state index contributed by atoms with van der Waals surface area (Å²) in [5.74, 6) is -2.73. The van der Waals surface area contributed by atoms with E-state index in [1.807, 2.05) is 24.3 Å². The average molecular weight is 884 g/mol. The minimum absolute atomic E-state index is 0.104. The Kier molecular flexibility index (Phi) is 14.8. The smallest absolute Gasteiger partial charge is 0.335 e. The van der Waals surface area contributed by atoms with Gasteiger partial charge in [0.15, 0.2) is 5.78 Å². The second kappa shape index (κ2) is 21.2. The number of carbonyl (C=O) groups excluding carboxylic acids is 6. The highest BCUT2D eigenvalue weighted by Gasteiger charge is 2.34. The van der Waals surface area contributed by atoms with E-state index in [0.29, 0.717) is 73.6 Å². The van der Waals surface area contributed by atoms with Crippen molar-refractivity contribution in [3.8, 4) is 28.7 Å². The van der Waals surface area contributed by atoms with Crippen molar-refractivity contribution < 1.29 is 52.5 Å². The van der Waals surface area contributed by atoms with Gasteiger partial charge in [-0.2, -0.15) is 5.10 Å². The van der Waals surface area contributed by atoms with Gasteiger partial charge < -0.3 is 23.7 Å². The number of hydrazone groups is 1. The molecule has 7 rings (SSSR count). The topological polar surface area (TPSA) is 186 Å². The van der Waals surface area contributed by atoms with Crippen LogP contribution in [0.25, 0.3) is 10.2 Å². The van der Waals surface area contributed by atoms with E-state index in [2.05, 4.69) is 28.7 Å². The van der Waals surface area contributed by atoms with Gasteiger partial charge in [0, 0.05) is 18.1 Å². The summed E-state index contributed by atoms with van der Waals surface area (Å²) in [4.78, 5) is 80.5. The van der Waals surface area contributed by atoms with Crippen molar-refractivity contribution in [1.82, 2.24) is 4.98 Å². The van der Waals surface area contributed by atoms with Crippen molar-refractivity contribution in [2.75, 3.05) is 5.43 Å². The van der Waals surface area contributed by atoms with Gasteiger partial charge in [-0.3, -0.25) is 29.4 Å². The Morgan fingerprint density at radius 3 is 1.62 bits per heavy atom. The van der Waals surface area contributed by atoms with Gasteiger partial charge in [0.1, 0.15) is 28.7 Å².